The van der Waals surface area contributed by atoms with E-state index in [-0.39, 0.29) is 19.3 Å². The zero-order valence-corrected chi connectivity index (χ0v) is 67.6. The van der Waals surface area contributed by atoms with Crippen molar-refractivity contribution >= 4 is 33.6 Å². The Morgan fingerprint density at radius 2 is 0.476 bits per heavy atom. The van der Waals surface area contributed by atoms with E-state index in [1.165, 1.54) is 83.5 Å². The largest absolute Gasteiger partial charge is 0.472 e. The lowest BCUT2D eigenvalue weighted by molar-refractivity contribution is -0.161. The Morgan fingerprint density at radius 3 is 0.752 bits per heavy atom. The van der Waals surface area contributed by atoms with Crippen LogP contribution in [0.15, 0.2) is 146 Å². The summed E-state index contributed by atoms with van der Waals surface area (Å²) in [5, 5.41) is 20.7. The second-order valence-electron chi connectivity index (χ2n) is 27.1. The first kappa shape index (κ1) is 100. The highest BCUT2D eigenvalue weighted by atomic mass is 31.2. The highest BCUT2D eigenvalue weighted by molar-refractivity contribution is 7.47. The minimum atomic E-state index is -4.94. The molecule has 0 bridgehead atoms. The number of carbonyl (C=O) groups excluding carboxylic acids is 3. The Kier molecular flexibility index (Phi) is 75.6. The molecule has 0 aromatic rings. The molecule has 0 fully saturated rings. The van der Waals surface area contributed by atoms with Gasteiger partial charge in [-0.25, -0.2) is 9.13 Å². The molecule has 0 heterocycles. The molecule has 0 radical (unpaired) electrons. The summed E-state index contributed by atoms with van der Waals surface area (Å²) in [6.07, 6.45) is 97.6. The van der Waals surface area contributed by atoms with E-state index in [1.54, 1.807) is 0 Å². The molecule has 5 atom stereocenters. The molecule has 0 aliphatic carbocycles. The third kappa shape index (κ3) is 80.3. The molecule has 105 heavy (non-hydrogen) atoms. The van der Waals surface area contributed by atoms with Crippen LogP contribution in [0.1, 0.15) is 329 Å². The van der Waals surface area contributed by atoms with Gasteiger partial charge < -0.3 is 34.2 Å². The van der Waals surface area contributed by atoms with Gasteiger partial charge >= 0.3 is 33.6 Å². The number of aliphatic hydroxyl groups is 2. The third-order valence-electron chi connectivity index (χ3n) is 17.0. The molecular formula is C87H148O16P2. The van der Waals surface area contributed by atoms with Crippen molar-refractivity contribution in [2.45, 2.75) is 347 Å². The van der Waals surface area contributed by atoms with Gasteiger partial charge in [0.15, 0.2) is 6.10 Å². The van der Waals surface area contributed by atoms with E-state index >= 15 is 0 Å². The predicted octanol–water partition coefficient (Wildman–Crippen LogP) is 24.4. The van der Waals surface area contributed by atoms with Crippen LogP contribution in [0.5, 0.6) is 0 Å². The molecule has 0 aliphatic rings. The lowest BCUT2D eigenvalue weighted by Crippen LogP contribution is -2.30. The van der Waals surface area contributed by atoms with Gasteiger partial charge in [0, 0.05) is 19.3 Å². The molecular weight excluding hydrogens is 1360 g/mol. The Morgan fingerprint density at radius 1 is 0.267 bits per heavy atom. The van der Waals surface area contributed by atoms with Gasteiger partial charge in [0.2, 0.25) is 0 Å². The van der Waals surface area contributed by atoms with Crippen molar-refractivity contribution in [2.75, 3.05) is 39.6 Å². The summed E-state index contributed by atoms with van der Waals surface area (Å²) in [7, 11) is -9.80. The van der Waals surface area contributed by atoms with Crippen LogP contribution in [-0.2, 0) is 55.8 Å². The Balaban J connectivity index is 4.43. The zero-order valence-electron chi connectivity index (χ0n) is 65.9. The maximum atomic E-state index is 13.0. The highest BCUT2D eigenvalue weighted by Gasteiger charge is 2.29. The average Bonchev–Trinajstić information content (AvgIpc) is 0.911. The number of phosphoric acid groups is 2. The number of hydrogen-bond donors (Lipinski definition) is 4. The Labute approximate surface area is 638 Å². The number of rotatable bonds is 77. The number of esters is 3. The number of carbonyl (C=O) groups is 3. The maximum Gasteiger partial charge on any atom is 0.472 e. The minimum absolute atomic E-state index is 0.0888. The number of allylic oxidation sites excluding steroid dienone is 24. The number of ether oxygens (including phenoxy) is 3. The molecule has 0 aliphatic heterocycles. The van der Waals surface area contributed by atoms with Crippen molar-refractivity contribution in [3.05, 3.63) is 146 Å². The minimum Gasteiger partial charge on any atom is -0.463 e. The standard InChI is InChI=1S/C87H148O16P2/c1-4-7-10-13-16-19-22-25-28-31-32-33-34-35-36-37-38-39-40-41-42-43-44-45-46-47-48-51-53-55-58-61-64-67-70-73-85(90)97-76-82(88)77-99-104(93,94)100-78-83(89)79-101-105(95,96)102-81-84(103-87(92)75-72-69-66-63-60-57-54-50-30-27-24-21-18-15-12-9-6-3)80-98-86(91)74-71-68-65-62-59-56-52-49-29-26-23-20-17-14-11-8-5-2/h7-12,16-21,25-30,32-33,35-36,38-39,82-84,88-89H,4-6,13-15,22-24,31,34,37,40-81H2,1-3H3,(H,93,94)(H,95,96)/b10-7-,11-8-,12-9-,19-16-,20-17-,21-18-,28-25-,29-26-,30-27-,33-32-,36-35-,39-38-. The SMILES string of the molecule is CC/C=C\C/C=C\C/C=C\C/C=C\C/C=C\C/C=C\CCCCCCCCCCCCCCCCCCC(=O)OCC(O)COP(=O)(O)OCC(O)COP(=O)(O)OCC(COC(=O)CCCCCCCCC/C=C\C/C=C\C/C=C\CC)OC(=O)CCCCCCCCC/C=C\C/C=C\C/C=C\CC. The summed E-state index contributed by atoms with van der Waals surface area (Å²) < 4.78 is 61.2. The molecule has 0 rings (SSSR count). The van der Waals surface area contributed by atoms with Crippen LogP contribution in [0.2, 0.25) is 0 Å². The number of aliphatic hydroxyl groups excluding tert-OH is 2. The van der Waals surface area contributed by atoms with Gasteiger partial charge in [-0.2, -0.15) is 0 Å². The fraction of sp³-hybridized carbons (Fsp3) is 0.690. The van der Waals surface area contributed by atoms with E-state index in [1.807, 2.05) is 0 Å². The van der Waals surface area contributed by atoms with Crippen molar-refractivity contribution in [3.63, 3.8) is 0 Å². The highest BCUT2D eigenvalue weighted by Crippen LogP contribution is 2.45. The predicted molar refractivity (Wildman–Crippen MR) is 436 cm³/mol. The molecule has 0 saturated carbocycles. The van der Waals surface area contributed by atoms with E-state index in [4.69, 9.17) is 32.3 Å². The van der Waals surface area contributed by atoms with E-state index in [2.05, 4.69) is 167 Å². The Hall–Kier alpha value is -4.57. The molecule has 18 heteroatoms. The molecule has 602 valence electrons. The van der Waals surface area contributed by atoms with Gasteiger partial charge in [-0.3, -0.25) is 32.5 Å². The topological polar surface area (TPSA) is 231 Å². The molecule has 0 amide bonds. The summed E-state index contributed by atoms with van der Waals surface area (Å²) in [5.41, 5.74) is 0. The summed E-state index contributed by atoms with van der Waals surface area (Å²) in [4.78, 5) is 58.7. The third-order valence-corrected chi connectivity index (χ3v) is 18.9. The fourth-order valence-electron chi connectivity index (χ4n) is 10.9. The first-order chi connectivity index (χ1) is 51.2. The molecule has 4 N–H and O–H groups in total. The lowest BCUT2D eigenvalue weighted by atomic mass is 10.0. The molecule has 0 aromatic heterocycles. The zero-order chi connectivity index (χ0) is 76.6. The molecule has 0 spiro atoms. The maximum absolute atomic E-state index is 13.0. The van der Waals surface area contributed by atoms with E-state index in [0.717, 1.165) is 186 Å². The normalized spacial score (nSPS) is 14.7. The summed E-state index contributed by atoms with van der Waals surface area (Å²) in [6, 6.07) is 0. The average molecular weight is 1510 g/mol. The second-order valence-corrected chi connectivity index (χ2v) is 30.0. The number of hydrogen-bond acceptors (Lipinski definition) is 14. The second kappa shape index (κ2) is 79.0. The molecule has 16 nitrogen and oxygen atoms in total. The van der Waals surface area contributed by atoms with Gasteiger partial charge in [-0.1, -0.05) is 321 Å². The smallest absolute Gasteiger partial charge is 0.463 e. The van der Waals surface area contributed by atoms with E-state index < -0.39 is 91.5 Å². The van der Waals surface area contributed by atoms with Crippen molar-refractivity contribution in [2.24, 2.45) is 0 Å². The quantitative estimate of drug-likeness (QED) is 0.0146. The van der Waals surface area contributed by atoms with Crippen molar-refractivity contribution in [1.29, 1.82) is 0 Å². The summed E-state index contributed by atoms with van der Waals surface area (Å²) >= 11 is 0. The van der Waals surface area contributed by atoms with E-state index in [0.29, 0.717) is 19.3 Å². The van der Waals surface area contributed by atoms with Crippen molar-refractivity contribution < 1.29 is 75.8 Å². The van der Waals surface area contributed by atoms with Crippen molar-refractivity contribution in [1.82, 2.24) is 0 Å². The van der Waals surface area contributed by atoms with Crippen LogP contribution in [0, 0.1) is 0 Å². The summed E-state index contributed by atoms with van der Waals surface area (Å²) in [5.74, 6) is -1.59. The monoisotopic (exact) mass is 1510 g/mol. The summed E-state index contributed by atoms with van der Waals surface area (Å²) in [6.45, 7) is 2.34. The molecule has 5 unspecified atom stereocenters. The van der Waals surface area contributed by atoms with Crippen molar-refractivity contribution in [3.8, 4) is 0 Å². The van der Waals surface area contributed by atoms with Gasteiger partial charge in [0.1, 0.15) is 25.4 Å². The van der Waals surface area contributed by atoms with Crippen LogP contribution in [-0.4, -0.2) is 95.9 Å². The first-order valence-electron chi connectivity index (χ1n) is 41.1. The van der Waals surface area contributed by atoms with Gasteiger partial charge in [0.05, 0.1) is 26.4 Å². The van der Waals surface area contributed by atoms with Gasteiger partial charge in [0.25, 0.3) is 0 Å². The van der Waals surface area contributed by atoms with Crippen LogP contribution < -0.4 is 0 Å². The van der Waals surface area contributed by atoms with Crippen LogP contribution in [0.25, 0.3) is 0 Å². The molecule has 0 saturated heterocycles. The van der Waals surface area contributed by atoms with Gasteiger partial charge in [-0.15, -0.1) is 0 Å². The van der Waals surface area contributed by atoms with Gasteiger partial charge in [-0.05, 0) is 135 Å². The van der Waals surface area contributed by atoms with E-state index in [9.17, 15) is 43.5 Å². The van der Waals surface area contributed by atoms with Crippen LogP contribution in [0.3, 0.4) is 0 Å². The molecule has 0 aromatic carbocycles. The number of unbranched alkanes of at least 4 members (excludes halogenated alkanes) is 30. The lowest BCUT2D eigenvalue weighted by Gasteiger charge is -2.21. The fourth-order valence-corrected chi connectivity index (χ4v) is 12.5. The number of phosphoric ester groups is 2. The Bertz CT molecular complexity index is 2490. The van der Waals surface area contributed by atoms with Crippen LogP contribution >= 0.6 is 15.6 Å². The van der Waals surface area contributed by atoms with Crippen LogP contribution in [0.4, 0.5) is 0 Å². The first-order valence-corrected chi connectivity index (χ1v) is 44.1.